The third-order valence-corrected chi connectivity index (χ3v) is 15.4. The van der Waals surface area contributed by atoms with Crippen LogP contribution in [0.4, 0.5) is 0 Å². The van der Waals surface area contributed by atoms with Gasteiger partial charge in [-0.2, -0.15) is 0 Å². The molecule has 0 saturated heterocycles. The van der Waals surface area contributed by atoms with Crippen LogP contribution in [-0.2, 0) is 5.41 Å². The van der Waals surface area contributed by atoms with Gasteiger partial charge in [0.15, 0.2) is 17.5 Å². The summed E-state index contributed by atoms with van der Waals surface area (Å²) >= 11 is 0. The lowest BCUT2D eigenvalue weighted by molar-refractivity contribution is 0.517. The van der Waals surface area contributed by atoms with Crippen molar-refractivity contribution in [2.45, 2.75) is 47.0 Å². The number of rotatable bonds is 12. The van der Waals surface area contributed by atoms with Crippen LogP contribution in [-0.4, -0.2) is 19.5 Å². The quantitative estimate of drug-likeness (QED) is 0.115. The van der Waals surface area contributed by atoms with E-state index >= 15 is 0 Å². The van der Waals surface area contributed by atoms with Gasteiger partial charge in [-0.15, -0.1) is 0 Å². The maximum atomic E-state index is 5.43. The molecule has 0 aliphatic rings. The third-order valence-electron chi connectivity index (χ3n) is 15.4. The zero-order valence-electron chi connectivity index (χ0n) is 46.9. The molecule has 4 heteroatoms. The number of allylic oxidation sites excluding steroid dienone is 4. The van der Waals surface area contributed by atoms with Crippen molar-refractivity contribution in [1.82, 2.24) is 19.5 Å². The van der Waals surface area contributed by atoms with Gasteiger partial charge in [-0.3, -0.25) is 0 Å². The highest BCUT2D eigenvalue weighted by molar-refractivity contribution is 6.12. The van der Waals surface area contributed by atoms with E-state index in [9.17, 15) is 0 Å². The minimum absolute atomic E-state index is 0.0462. The third kappa shape index (κ3) is 10.8. The minimum atomic E-state index is -0.118. The molecule has 81 heavy (non-hydrogen) atoms. The number of hydrogen-bond acceptors (Lipinski definition) is 3. The first-order valence-electron chi connectivity index (χ1n) is 27.9. The molecule has 0 bridgehead atoms. The number of nitrogens with zero attached hydrogens (tertiary/aromatic N) is 4. The van der Waals surface area contributed by atoms with Gasteiger partial charge >= 0.3 is 0 Å². The average Bonchev–Trinajstić information content (AvgIpc) is 3.94. The Morgan fingerprint density at radius 2 is 0.753 bits per heavy atom. The summed E-state index contributed by atoms with van der Waals surface area (Å²) in [5.41, 5.74) is 20.5. The zero-order chi connectivity index (χ0) is 55.7. The molecule has 2 heterocycles. The average molecular weight is 1050 g/mol. The van der Waals surface area contributed by atoms with Gasteiger partial charge in [-0.05, 0) is 114 Å². The van der Waals surface area contributed by atoms with E-state index in [1.807, 2.05) is 18.2 Å². The van der Waals surface area contributed by atoms with Crippen molar-refractivity contribution in [2.75, 3.05) is 0 Å². The molecule has 12 aromatic rings. The van der Waals surface area contributed by atoms with Gasteiger partial charge < -0.3 is 4.57 Å². The molecule has 0 fully saturated rings. The molecule has 0 aliphatic carbocycles. The predicted molar refractivity (Wildman–Crippen MR) is 343 cm³/mol. The fourth-order valence-electron chi connectivity index (χ4n) is 10.9. The van der Waals surface area contributed by atoms with Crippen LogP contribution < -0.4 is 0 Å². The minimum Gasteiger partial charge on any atom is -0.308 e. The van der Waals surface area contributed by atoms with E-state index in [4.69, 9.17) is 15.0 Å². The second-order valence-corrected chi connectivity index (χ2v) is 22.9. The van der Waals surface area contributed by atoms with Crippen LogP contribution in [0.1, 0.15) is 52.7 Å². The van der Waals surface area contributed by atoms with E-state index in [2.05, 4.69) is 301 Å². The van der Waals surface area contributed by atoms with Crippen molar-refractivity contribution in [3.63, 3.8) is 0 Å². The lowest BCUT2D eigenvalue weighted by atomic mass is 9.85. The standard InChI is InChI=1S/C77H64N4/c1-8-65(76(2,3)4)31-21-30-63-48-64(75-79-73(59-36-32-56(33-37-59)52-22-13-9-14-23-52)78-74(80-75)60-38-34-57(35-39-60)53-24-15-10-16-25-53)51-67(58-40-44-66(45-41-58)77(5,6)7)72(63)81-70-46-42-61(54-26-17-11-18-27-54)49-68(70)69-50-62(43-47-71(69)81)55-28-19-12-20-29-55/h8-51H,1H2,2-7H3/b30-21+,65-31+. The van der Waals surface area contributed by atoms with Gasteiger partial charge in [0.2, 0.25) is 0 Å². The summed E-state index contributed by atoms with van der Waals surface area (Å²) in [4.78, 5) is 16.1. The normalized spacial score (nSPS) is 12.1. The molecule has 0 saturated carbocycles. The van der Waals surface area contributed by atoms with Crippen molar-refractivity contribution in [3.8, 4) is 95.5 Å². The van der Waals surface area contributed by atoms with Gasteiger partial charge in [-0.1, -0.05) is 279 Å². The summed E-state index contributed by atoms with van der Waals surface area (Å²) in [6.45, 7) is 17.7. The van der Waals surface area contributed by atoms with Crippen LogP contribution in [0.25, 0.3) is 123 Å². The Hall–Kier alpha value is -9.77. The largest absolute Gasteiger partial charge is 0.308 e. The Morgan fingerprint density at radius 3 is 1.16 bits per heavy atom. The molecule has 2 aromatic heterocycles. The molecule has 4 nitrogen and oxygen atoms in total. The molecular formula is C77H64N4. The lowest BCUT2D eigenvalue weighted by Gasteiger charge is -2.22. The molecule has 0 atom stereocenters. The van der Waals surface area contributed by atoms with Crippen LogP contribution in [0.15, 0.2) is 273 Å². The number of aromatic nitrogens is 4. The molecule has 12 rings (SSSR count). The van der Waals surface area contributed by atoms with Crippen LogP contribution >= 0.6 is 0 Å². The molecule has 0 N–H and O–H groups in total. The number of hydrogen-bond donors (Lipinski definition) is 0. The van der Waals surface area contributed by atoms with Crippen molar-refractivity contribution in [2.24, 2.45) is 5.41 Å². The summed E-state index contributed by atoms with van der Waals surface area (Å²) < 4.78 is 2.49. The molecule has 0 radical (unpaired) electrons. The van der Waals surface area contributed by atoms with Crippen LogP contribution in [0.5, 0.6) is 0 Å². The van der Waals surface area contributed by atoms with Gasteiger partial charge in [0.1, 0.15) is 0 Å². The van der Waals surface area contributed by atoms with Gasteiger partial charge in [0.25, 0.3) is 0 Å². The SMILES string of the molecule is C=C/C(=C\C=C\c1cc(-c2nc(-c3ccc(-c4ccccc4)cc3)nc(-c3ccc(-c4ccccc4)cc3)n2)cc(-c2ccc(C(C)(C)C)cc2)c1-n1c2ccc(-c3ccccc3)cc2c2cc(-c3ccccc3)ccc21)C(C)(C)C. The first kappa shape index (κ1) is 52.0. The zero-order valence-corrected chi connectivity index (χ0v) is 46.9. The highest BCUT2D eigenvalue weighted by atomic mass is 15.0. The van der Waals surface area contributed by atoms with Crippen molar-refractivity contribution < 1.29 is 0 Å². The Morgan fingerprint density at radius 1 is 0.383 bits per heavy atom. The van der Waals surface area contributed by atoms with Crippen molar-refractivity contribution >= 4 is 27.9 Å². The van der Waals surface area contributed by atoms with E-state index in [0.717, 1.165) is 89.1 Å². The van der Waals surface area contributed by atoms with E-state index in [1.54, 1.807) is 0 Å². The fourth-order valence-corrected chi connectivity index (χ4v) is 10.9. The molecule has 0 unspecified atom stereocenters. The second kappa shape index (κ2) is 21.8. The number of fused-ring (bicyclic) bond motifs is 3. The van der Waals surface area contributed by atoms with Crippen LogP contribution in [0.3, 0.4) is 0 Å². The van der Waals surface area contributed by atoms with Crippen molar-refractivity contribution in [3.05, 3.63) is 284 Å². The van der Waals surface area contributed by atoms with Gasteiger partial charge in [0.05, 0.1) is 16.7 Å². The highest BCUT2D eigenvalue weighted by Crippen LogP contribution is 2.44. The fraction of sp³-hybridized carbons (Fsp3) is 0.104. The molecule has 392 valence electrons. The highest BCUT2D eigenvalue weighted by Gasteiger charge is 2.24. The maximum Gasteiger partial charge on any atom is 0.164 e. The summed E-state index contributed by atoms with van der Waals surface area (Å²) in [7, 11) is 0. The molecule has 0 aliphatic heterocycles. The Kier molecular flexibility index (Phi) is 14.0. The van der Waals surface area contributed by atoms with Crippen molar-refractivity contribution in [1.29, 1.82) is 0 Å². The maximum absolute atomic E-state index is 5.43. The smallest absolute Gasteiger partial charge is 0.164 e. The van der Waals surface area contributed by atoms with E-state index in [1.165, 1.54) is 27.5 Å². The van der Waals surface area contributed by atoms with Crippen LogP contribution in [0.2, 0.25) is 0 Å². The Bertz CT molecular complexity index is 4090. The van der Waals surface area contributed by atoms with E-state index in [0.29, 0.717) is 17.5 Å². The summed E-state index contributed by atoms with van der Waals surface area (Å²) in [5, 5.41) is 2.34. The molecular weight excluding hydrogens is 981 g/mol. The van der Waals surface area contributed by atoms with Gasteiger partial charge in [0, 0.05) is 33.0 Å². The Balaban J connectivity index is 1.14. The topological polar surface area (TPSA) is 43.6 Å². The molecule has 0 spiro atoms. The summed E-state index contributed by atoms with van der Waals surface area (Å²) in [6, 6.07) is 87.0. The lowest BCUT2D eigenvalue weighted by Crippen LogP contribution is -2.10. The first-order chi connectivity index (χ1) is 39.4. The molecule has 10 aromatic carbocycles. The van der Waals surface area contributed by atoms with Crippen LogP contribution in [0, 0.1) is 5.41 Å². The predicted octanol–water partition coefficient (Wildman–Crippen LogP) is 20.8. The van der Waals surface area contributed by atoms with E-state index < -0.39 is 0 Å². The Labute approximate surface area is 476 Å². The number of benzene rings is 10. The summed E-state index contributed by atoms with van der Waals surface area (Å²) in [6.07, 6.45) is 8.60. The monoisotopic (exact) mass is 1040 g/mol. The molecule has 0 amide bonds. The summed E-state index contributed by atoms with van der Waals surface area (Å²) in [5.74, 6) is 1.75. The second-order valence-electron chi connectivity index (χ2n) is 22.9. The first-order valence-corrected chi connectivity index (χ1v) is 27.9. The van der Waals surface area contributed by atoms with Gasteiger partial charge in [-0.25, -0.2) is 15.0 Å². The van der Waals surface area contributed by atoms with E-state index in [-0.39, 0.29) is 10.8 Å².